The predicted octanol–water partition coefficient (Wildman–Crippen LogP) is 3.79. The van der Waals surface area contributed by atoms with Crippen molar-refractivity contribution in [2.24, 2.45) is 0 Å². The van der Waals surface area contributed by atoms with Gasteiger partial charge in [-0.05, 0) is 16.7 Å². The smallest absolute Gasteiger partial charge is 0.310 e. The Balaban J connectivity index is 1.99. The highest BCUT2D eigenvalue weighted by molar-refractivity contribution is 5.94. The first-order valence-corrected chi connectivity index (χ1v) is 9.74. The van der Waals surface area contributed by atoms with Crippen LogP contribution in [0.2, 0.25) is 0 Å². The number of ketones is 1. The van der Waals surface area contributed by atoms with Gasteiger partial charge in [-0.25, -0.2) is 0 Å². The first-order valence-electron chi connectivity index (χ1n) is 9.74. The quantitative estimate of drug-likeness (QED) is 0.397. The molecule has 3 rings (SSSR count). The molecule has 0 aromatic heterocycles. The maximum Gasteiger partial charge on any atom is 0.310 e. The van der Waals surface area contributed by atoms with Crippen molar-refractivity contribution in [1.29, 1.82) is 0 Å². The van der Waals surface area contributed by atoms with E-state index >= 15 is 0 Å². The van der Waals surface area contributed by atoms with E-state index in [0.717, 1.165) is 16.7 Å². The highest BCUT2D eigenvalue weighted by Crippen LogP contribution is 2.40. The predicted molar refractivity (Wildman–Crippen MR) is 113 cm³/mol. The van der Waals surface area contributed by atoms with Crippen molar-refractivity contribution in [3.8, 4) is 0 Å². The zero-order chi connectivity index (χ0) is 21.4. The summed E-state index contributed by atoms with van der Waals surface area (Å²) in [6.45, 7) is -0.135. The molecular formula is C25H24O5. The molecule has 1 atom stereocenters. The van der Waals surface area contributed by atoms with Crippen molar-refractivity contribution in [1.82, 2.24) is 0 Å². The maximum atomic E-state index is 11.8. The summed E-state index contributed by atoms with van der Waals surface area (Å²) < 4.78 is 6.41. The van der Waals surface area contributed by atoms with Gasteiger partial charge in [0.25, 0.3) is 0 Å². The van der Waals surface area contributed by atoms with Gasteiger partial charge in [-0.3, -0.25) is 9.59 Å². The van der Waals surface area contributed by atoms with Crippen molar-refractivity contribution < 1.29 is 24.5 Å². The maximum absolute atomic E-state index is 11.8. The number of hydrogen-bond donors (Lipinski definition) is 2. The minimum absolute atomic E-state index is 0.135. The third-order valence-electron chi connectivity index (χ3n) is 4.84. The molecule has 0 aliphatic heterocycles. The highest BCUT2D eigenvalue weighted by Gasteiger charge is 2.38. The second-order valence-corrected chi connectivity index (χ2v) is 7.06. The Labute approximate surface area is 175 Å². The van der Waals surface area contributed by atoms with Crippen LogP contribution in [0.5, 0.6) is 0 Å². The molecule has 5 heteroatoms. The fourth-order valence-electron chi connectivity index (χ4n) is 3.55. The van der Waals surface area contributed by atoms with Crippen molar-refractivity contribution in [3.63, 3.8) is 0 Å². The third-order valence-corrected chi connectivity index (χ3v) is 4.84. The normalized spacial score (nSPS) is 12.3. The summed E-state index contributed by atoms with van der Waals surface area (Å²) >= 11 is 0. The van der Waals surface area contributed by atoms with E-state index in [-0.39, 0.29) is 13.0 Å². The topological polar surface area (TPSA) is 83.8 Å². The fourth-order valence-corrected chi connectivity index (χ4v) is 3.55. The molecule has 30 heavy (non-hydrogen) atoms. The zero-order valence-corrected chi connectivity index (χ0v) is 16.5. The number of carboxylic acids is 1. The summed E-state index contributed by atoms with van der Waals surface area (Å²) in [5.41, 5.74) is 1.64. The molecule has 3 aromatic carbocycles. The van der Waals surface area contributed by atoms with Crippen molar-refractivity contribution in [3.05, 3.63) is 108 Å². The van der Waals surface area contributed by atoms with Crippen LogP contribution >= 0.6 is 0 Å². The lowest BCUT2D eigenvalue weighted by atomic mass is 9.80. The van der Waals surface area contributed by atoms with Gasteiger partial charge in [0.05, 0.1) is 12.7 Å². The van der Waals surface area contributed by atoms with E-state index < -0.39 is 29.9 Å². The van der Waals surface area contributed by atoms with E-state index in [0.29, 0.717) is 0 Å². The number of hydrogen-bond acceptors (Lipinski definition) is 4. The van der Waals surface area contributed by atoms with Crippen LogP contribution in [-0.4, -0.2) is 34.7 Å². The Morgan fingerprint density at radius 3 is 1.53 bits per heavy atom. The molecule has 0 aliphatic carbocycles. The molecular weight excluding hydrogens is 380 g/mol. The average Bonchev–Trinajstić information content (AvgIpc) is 2.76. The molecule has 0 bridgehead atoms. The number of rotatable bonds is 10. The van der Waals surface area contributed by atoms with Gasteiger partial charge in [-0.1, -0.05) is 91.0 Å². The average molecular weight is 404 g/mol. The molecule has 2 N–H and O–H groups in total. The molecule has 3 aromatic rings. The third kappa shape index (κ3) is 5.00. The Morgan fingerprint density at radius 2 is 1.17 bits per heavy atom. The fraction of sp³-hybridized carbons (Fsp3) is 0.200. The van der Waals surface area contributed by atoms with Crippen molar-refractivity contribution >= 4 is 11.8 Å². The van der Waals surface area contributed by atoms with Gasteiger partial charge in [0.15, 0.2) is 0 Å². The Kier molecular flexibility index (Phi) is 7.12. The molecule has 1 unspecified atom stereocenters. The van der Waals surface area contributed by atoms with Gasteiger partial charge in [0.2, 0.25) is 0 Å². The first kappa shape index (κ1) is 21.4. The van der Waals surface area contributed by atoms with E-state index in [2.05, 4.69) is 0 Å². The van der Waals surface area contributed by atoms with E-state index in [1.165, 1.54) is 0 Å². The number of Topliss-reactive ketones (excluding diaryl/α,β-unsaturated/α-hetero) is 1. The van der Waals surface area contributed by atoms with E-state index in [9.17, 15) is 14.7 Å². The van der Waals surface area contributed by atoms with Crippen LogP contribution < -0.4 is 0 Å². The summed E-state index contributed by atoms with van der Waals surface area (Å²) in [6.07, 6.45) is -2.01. The Bertz CT molecular complexity index is 858. The number of carbonyl (C=O) groups is 2. The molecule has 0 amide bonds. The van der Waals surface area contributed by atoms with Gasteiger partial charge >= 0.3 is 5.97 Å². The van der Waals surface area contributed by atoms with Gasteiger partial charge in [0, 0.05) is 6.42 Å². The SMILES string of the molecule is O=C(O)CC(=O)CC(O)COC(c1ccccc1)(c1ccccc1)c1ccccc1. The summed E-state index contributed by atoms with van der Waals surface area (Å²) in [5.74, 6) is -1.75. The van der Waals surface area contributed by atoms with Gasteiger partial charge in [0.1, 0.15) is 17.8 Å². The molecule has 5 nitrogen and oxygen atoms in total. The Morgan fingerprint density at radius 1 is 0.767 bits per heavy atom. The van der Waals surface area contributed by atoms with Gasteiger partial charge in [-0.15, -0.1) is 0 Å². The van der Waals surface area contributed by atoms with Crippen LogP contribution in [-0.2, 0) is 19.9 Å². The van der Waals surface area contributed by atoms with E-state index in [1.54, 1.807) is 0 Å². The Hall–Kier alpha value is -3.28. The van der Waals surface area contributed by atoms with Gasteiger partial charge < -0.3 is 14.9 Å². The van der Waals surface area contributed by atoms with Crippen molar-refractivity contribution in [2.75, 3.05) is 6.61 Å². The number of aliphatic hydroxyl groups excluding tert-OH is 1. The molecule has 154 valence electrons. The van der Waals surface area contributed by atoms with Crippen LogP contribution in [0.4, 0.5) is 0 Å². The summed E-state index contributed by atoms with van der Waals surface area (Å²) in [5, 5.41) is 19.2. The molecule has 0 aliphatic rings. The van der Waals surface area contributed by atoms with Crippen molar-refractivity contribution in [2.45, 2.75) is 24.5 Å². The van der Waals surface area contributed by atoms with E-state index in [1.807, 2.05) is 91.0 Å². The zero-order valence-electron chi connectivity index (χ0n) is 16.5. The second-order valence-electron chi connectivity index (χ2n) is 7.06. The second kappa shape index (κ2) is 9.96. The number of aliphatic hydroxyl groups is 1. The molecule has 0 radical (unpaired) electrons. The lowest BCUT2D eigenvalue weighted by Crippen LogP contribution is -2.36. The van der Waals surface area contributed by atoms with E-state index in [4.69, 9.17) is 9.84 Å². The first-order chi connectivity index (χ1) is 14.5. The molecule has 0 saturated carbocycles. The number of carbonyl (C=O) groups excluding carboxylic acids is 1. The minimum atomic E-state index is -1.21. The lowest BCUT2D eigenvalue weighted by molar-refractivity contribution is -0.141. The monoisotopic (exact) mass is 404 g/mol. The number of aliphatic carboxylic acids is 1. The van der Waals surface area contributed by atoms with Crippen LogP contribution in [0.1, 0.15) is 29.5 Å². The van der Waals surface area contributed by atoms with Gasteiger partial charge in [-0.2, -0.15) is 0 Å². The summed E-state index contributed by atoms with van der Waals surface area (Å²) in [4.78, 5) is 22.5. The summed E-state index contributed by atoms with van der Waals surface area (Å²) in [6, 6.07) is 29.1. The highest BCUT2D eigenvalue weighted by atomic mass is 16.5. The van der Waals surface area contributed by atoms with Crippen LogP contribution in [0.3, 0.4) is 0 Å². The number of carboxylic acid groups (broad SMARTS) is 1. The molecule has 0 fully saturated rings. The summed E-state index contributed by atoms with van der Waals surface area (Å²) in [7, 11) is 0. The van der Waals surface area contributed by atoms with Crippen LogP contribution in [0, 0.1) is 0 Å². The van der Waals surface area contributed by atoms with Crippen LogP contribution in [0.25, 0.3) is 0 Å². The molecule has 0 saturated heterocycles. The number of benzene rings is 3. The minimum Gasteiger partial charge on any atom is -0.481 e. The standard InChI is InChI=1S/C25H24O5/c26-22(17-24(28)29)16-23(27)18-30-25(19-10-4-1-5-11-19,20-12-6-2-7-13-20)21-14-8-3-9-15-21/h1-15,23,27H,16-18H2,(H,28,29). The molecule has 0 heterocycles. The largest absolute Gasteiger partial charge is 0.481 e. The number of ether oxygens (including phenoxy) is 1. The lowest BCUT2D eigenvalue weighted by Gasteiger charge is -2.36. The van der Waals surface area contributed by atoms with Crippen LogP contribution in [0.15, 0.2) is 91.0 Å². The molecule has 0 spiro atoms.